The molecule has 0 radical (unpaired) electrons. The lowest BCUT2D eigenvalue weighted by Gasteiger charge is -2.30. The highest BCUT2D eigenvalue weighted by molar-refractivity contribution is 7.21. The summed E-state index contributed by atoms with van der Waals surface area (Å²) in [5, 5.41) is 8.16. The number of nitrogens with zero attached hydrogens (tertiary/aromatic N) is 3. The summed E-state index contributed by atoms with van der Waals surface area (Å²) in [4.78, 5) is 23.0. The van der Waals surface area contributed by atoms with Crippen molar-refractivity contribution in [2.24, 2.45) is 0 Å². The van der Waals surface area contributed by atoms with Gasteiger partial charge in [-0.05, 0) is 48.5 Å². The average Bonchev–Trinajstić information content (AvgIpc) is 3.45. The van der Waals surface area contributed by atoms with Crippen molar-refractivity contribution < 1.29 is 9.53 Å². The highest BCUT2D eigenvalue weighted by atomic mass is 35.5. The third-order valence-corrected chi connectivity index (χ3v) is 8.25. The van der Waals surface area contributed by atoms with E-state index in [1.807, 2.05) is 59.5 Å². The lowest BCUT2D eigenvalue weighted by molar-refractivity contribution is 0.0393. The van der Waals surface area contributed by atoms with Crippen LogP contribution >= 0.6 is 22.9 Å². The van der Waals surface area contributed by atoms with Gasteiger partial charge < -0.3 is 15.4 Å². The molecule has 0 aliphatic carbocycles. The van der Waals surface area contributed by atoms with E-state index in [1.165, 1.54) is 0 Å². The first-order valence-corrected chi connectivity index (χ1v) is 14.8. The molecule has 1 aliphatic heterocycles. The summed E-state index contributed by atoms with van der Waals surface area (Å²) < 4.78 is 6.52. The van der Waals surface area contributed by atoms with E-state index in [-0.39, 0.29) is 6.03 Å². The second kappa shape index (κ2) is 12.7. The number of anilines is 4. The molecule has 1 aliphatic rings. The number of para-hydroxylation sites is 1. The first kappa shape index (κ1) is 27.2. The predicted octanol–water partition coefficient (Wildman–Crippen LogP) is 7.73. The number of thiazole rings is 1. The van der Waals surface area contributed by atoms with Crippen LogP contribution in [0.4, 0.5) is 27.5 Å². The van der Waals surface area contributed by atoms with Crippen LogP contribution in [0.2, 0.25) is 5.02 Å². The van der Waals surface area contributed by atoms with E-state index in [1.54, 1.807) is 35.6 Å². The smallest absolute Gasteiger partial charge is 0.326 e. The zero-order valence-electron chi connectivity index (χ0n) is 22.4. The summed E-state index contributed by atoms with van der Waals surface area (Å²) in [5.41, 5.74) is 5.20. The van der Waals surface area contributed by atoms with Gasteiger partial charge in [0.05, 0.1) is 23.6 Å². The number of aromatic nitrogens is 1. The van der Waals surface area contributed by atoms with E-state index < -0.39 is 0 Å². The van der Waals surface area contributed by atoms with Crippen molar-refractivity contribution >= 4 is 61.9 Å². The van der Waals surface area contributed by atoms with Crippen molar-refractivity contribution in [3.05, 3.63) is 102 Å². The van der Waals surface area contributed by atoms with Gasteiger partial charge in [0.2, 0.25) is 0 Å². The highest BCUT2D eigenvalue weighted by Crippen LogP contribution is 2.38. The lowest BCUT2D eigenvalue weighted by atomic mass is 10.2. The molecule has 6 rings (SSSR count). The van der Waals surface area contributed by atoms with Gasteiger partial charge in [-0.1, -0.05) is 60.1 Å². The summed E-state index contributed by atoms with van der Waals surface area (Å²) in [7, 11) is 0. The summed E-state index contributed by atoms with van der Waals surface area (Å²) in [6, 6.07) is 31.2. The minimum atomic E-state index is -0.210. The summed E-state index contributed by atoms with van der Waals surface area (Å²) in [6.07, 6.45) is 0. The van der Waals surface area contributed by atoms with Crippen molar-refractivity contribution in [3.63, 3.8) is 0 Å². The largest absolute Gasteiger partial charge is 0.379 e. The maximum atomic E-state index is 13.8. The van der Waals surface area contributed by atoms with Gasteiger partial charge in [0.15, 0.2) is 0 Å². The Labute approximate surface area is 248 Å². The molecular formula is C32H30ClN5O2S. The fourth-order valence-electron chi connectivity index (χ4n) is 4.79. The second-order valence-corrected chi connectivity index (χ2v) is 11.2. The molecule has 1 aromatic heterocycles. The number of ether oxygens (including phenoxy) is 1. The molecule has 4 aromatic carbocycles. The van der Waals surface area contributed by atoms with Crippen molar-refractivity contribution in [3.8, 4) is 10.6 Å². The van der Waals surface area contributed by atoms with Crippen LogP contribution in [0, 0.1) is 0 Å². The number of fused-ring (bicyclic) bond motifs is 1. The SMILES string of the molecule is O=C(Nc1ccc(Cl)cc1)N(CCN1CCOCC1)c1cc(Nc2ccccc2)c2nc(-c3ccccc3)sc2c1. The molecule has 2 N–H and O–H groups in total. The van der Waals surface area contributed by atoms with Gasteiger partial charge in [-0.2, -0.15) is 0 Å². The average molecular weight is 584 g/mol. The number of amides is 2. The first-order valence-electron chi connectivity index (χ1n) is 13.6. The molecule has 41 heavy (non-hydrogen) atoms. The van der Waals surface area contributed by atoms with Gasteiger partial charge in [-0.3, -0.25) is 9.80 Å². The number of hydrogen-bond donors (Lipinski definition) is 2. The maximum Gasteiger partial charge on any atom is 0.326 e. The summed E-state index contributed by atoms with van der Waals surface area (Å²) >= 11 is 7.70. The standard InChI is InChI=1S/C32H30ClN5O2S/c33-24-11-13-26(14-12-24)35-32(39)38(16-15-37-17-19-40-20-18-37)27-21-28(34-25-9-5-2-6-10-25)30-29(22-27)41-31(36-30)23-7-3-1-4-8-23/h1-14,21-22,34H,15-20H2,(H,35,39). The van der Waals surface area contributed by atoms with Crippen LogP contribution in [0.1, 0.15) is 0 Å². The van der Waals surface area contributed by atoms with E-state index in [9.17, 15) is 4.79 Å². The van der Waals surface area contributed by atoms with Gasteiger partial charge in [-0.25, -0.2) is 9.78 Å². The van der Waals surface area contributed by atoms with Gasteiger partial charge in [0.1, 0.15) is 10.5 Å². The number of carbonyl (C=O) groups is 1. The van der Waals surface area contributed by atoms with E-state index in [0.717, 1.165) is 57.5 Å². The third kappa shape index (κ3) is 6.69. The quantitative estimate of drug-likeness (QED) is 0.196. The molecule has 0 saturated carbocycles. The predicted molar refractivity (Wildman–Crippen MR) is 170 cm³/mol. The number of carbonyl (C=O) groups excluding carboxylic acids is 1. The summed E-state index contributed by atoms with van der Waals surface area (Å²) in [6.45, 7) is 4.35. The fourth-order valence-corrected chi connectivity index (χ4v) is 5.94. The van der Waals surface area contributed by atoms with E-state index >= 15 is 0 Å². The minimum Gasteiger partial charge on any atom is -0.379 e. The number of hydrogen-bond acceptors (Lipinski definition) is 6. The molecule has 9 heteroatoms. The van der Waals surface area contributed by atoms with Crippen LogP contribution in [0.15, 0.2) is 97.1 Å². The van der Waals surface area contributed by atoms with Gasteiger partial charge in [0.25, 0.3) is 0 Å². The van der Waals surface area contributed by atoms with Crippen LogP contribution in [0.25, 0.3) is 20.8 Å². The Morgan fingerprint density at radius 1 is 0.927 bits per heavy atom. The fraction of sp³-hybridized carbons (Fsp3) is 0.188. The zero-order valence-corrected chi connectivity index (χ0v) is 24.0. The Balaban J connectivity index is 1.39. The van der Waals surface area contributed by atoms with Crippen LogP contribution in [0.3, 0.4) is 0 Å². The topological polar surface area (TPSA) is 69.7 Å². The molecule has 7 nitrogen and oxygen atoms in total. The van der Waals surface area contributed by atoms with E-state index in [4.69, 9.17) is 21.3 Å². The van der Waals surface area contributed by atoms with Crippen molar-refractivity contribution in [1.29, 1.82) is 0 Å². The van der Waals surface area contributed by atoms with Gasteiger partial charge in [0, 0.05) is 53.8 Å². The highest BCUT2D eigenvalue weighted by Gasteiger charge is 2.22. The Hall–Kier alpha value is -3.95. The van der Waals surface area contributed by atoms with Crippen LogP contribution < -0.4 is 15.5 Å². The van der Waals surface area contributed by atoms with Gasteiger partial charge >= 0.3 is 6.03 Å². The number of halogens is 1. The molecule has 0 atom stereocenters. The van der Waals surface area contributed by atoms with E-state index in [0.29, 0.717) is 30.5 Å². The lowest BCUT2D eigenvalue weighted by Crippen LogP contribution is -2.44. The first-order chi connectivity index (χ1) is 20.1. The van der Waals surface area contributed by atoms with Crippen molar-refractivity contribution in [1.82, 2.24) is 9.88 Å². The molecule has 0 unspecified atom stereocenters. The minimum absolute atomic E-state index is 0.210. The monoisotopic (exact) mass is 583 g/mol. The Morgan fingerprint density at radius 3 is 2.37 bits per heavy atom. The Bertz CT molecular complexity index is 1610. The van der Waals surface area contributed by atoms with Crippen LogP contribution in [-0.4, -0.2) is 55.3 Å². The number of benzene rings is 4. The third-order valence-electron chi connectivity index (χ3n) is 6.95. The van der Waals surface area contributed by atoms with Crippen LogP contribution in [0.5, 0.6) is 0 Å². The number of rotatable bonds is 8. The maximum absolute atomic E-state index is 13.8. The normalized spacial score (nSPS) is 13.7. The molecule has 208 valence electrons. The second-order valence-electron chi connectivity index (χ2n) is 9.76. The Kier molecular flexibility index (Phi) is 8.44. The Morgan fingerprint density at radius 2 is 1.63 bits per heavy atom. The van der Waals surface area contributed by atoms with Gasteiger partial charge in [-0.15, -0.1) is 11.3 Å². The molecule has 5 aromatic rings. The number of urea groups is 1. The molecule has 2 amide bonds. The molecule has 1 fully saturated rings. The molecule has 1 saturated heterocycles. The molecule has 0 spiro atoms. The van der Waals surface area contributed by atoms with Crippen LogP contribution in [-0.2, 0) is 4.74 Å². The molecular weight excluding hydrogens is 554 g/mol. The molecule has 2 heterocycles. The summed E-state index contributed by atoms with van der Waals surface area (Å²) in [5.74, 6) is 0. The zero-order chi connectivity index (χ0) is 28.0. The number of nitrogens with one attached hydrogen (secondary N) is 2. The van der Waals surface area contributed by atoms with E-state index in [2.05, 4.69) is 33.7 Å². The van der Waals surface area contributed by atoms with Crippen molar-refractivity contribution in [2.75, 3.05) is 54.9 Å². The van der Waals surface area contributed by atoms with Crippen molar-refractivity contribution in [2.45, 2.75) is 0 Å². The molecule has 0 bridgehead atoms. The number of morpholine rings is 1.